The Morgan fingerprint density at radius 1 is 1.26 bits per heavy atom. The molecule has 0 bridgehead atoms. The van der Waals surface area contributed by atoms with Crippen LogP contribution in [0.5, 0.6) is 0 Å². The highest BCUT2D eigenvalue weighted by Crippen LogP contribution is 2.29. The van der Waals surface area contributed by atoms with Gasteiger partial charge in [0.05, 0.1) is 11.8 Å². The quantitative estimate of drug-likeness (QED) is 0.922. The minimum Gasteiger partial charge on any atom is -0.326 e. The molecule has 2 aromatic heterocycles. The molecular weight excluding hydrogens is 331 g/mol. The van der Waals surface area contributed by atoms with E-state index in [9.17, 15) is 22.8 Å². The molecule has 0 saturated heterocycles. The summed E-state index contributed by atoms with van der Waals surface area (Å²) >= 11 is 1.11. The molecule has 0 fully saturated rings. The molecule has 0 aliphatic rings. The van der Waals surface area contributed by atoms with Gasteiger partial charge in [-0.25, -0.2) is 4.79 Å². The monoisotopic (exact) mass is 349 g/mol. The summed E-state index contributed by atoms with van der Waals surface area (Å²) in [6, 6.07) is -0.447. The Hall–Kier alpha value is -1.61. The third-order valence-electron chi connectivity index (χ3n) is 3.66. The van der Waals surface area contributed by atoms with E-state index >= 15 is 0 Å². The van der Waals surface area contributed by atoms with Crippen LogP contribution in [0, 0.1) is 6.92 Å². The van der Waals surface area contributed by atoms with Crippen LogP contribution < -0.4 is 17.0 Å². The van der Waals surface area contributed by atoms with E-state index in [4.69, 9.17) is 5.73 Å². The first kappa shape index (κ1) is 17.7. The van der Waals surface area contributed by atoms with Gasteiger partial charge in [-0.05, 0) is 26.3 Å². The van der Waals surface area contributed by atoms with Crippen molar-refractivity contribution in [1.82, 2.24) is 9.13 Å². The van der Waals surface area contributed by atoms with Crippen LogP contribution in [0.3, 0.4) is 0 Å². The van der Waals surface area contributed by atoms with E-state index in [-0.39, 0.29) is 16.8 Å². The smallest absolute Gasteiger partial charge is 0.326 e. The van der Waals surface area contributed by atoms with Gasteiger partial charge in [-0.2, -0.15) is 13.2 Å². The SMILES string of the molecule is Cc1c(CN)sc2c1c(=O)n(C(C)C)c(=O)n2CCC(F)(F)F. The van der Waals surface area contributed by atoms with Gasteiger partial charge in [0.15, 0.2) is 0 Å². The molecule has 0 aliphatic carbocycles. The lowest BCUT2D eigenvalue weighted by molar-refractivity contribution is -0.136. The summed E-state index contributed by atoms with van der Waals surface area (Å²) in [5.41, 5.74) is 5.07. The third kappa shape index (κ3) is 3.20. The number of rotatable bonds is 4. The molecule has 9 heteroatoms. The van der Waals surface area contributed by atoms with Gasteiger partial charge in [-0.1, -0.05) is 0 Å². The molecule has 0 spiro atoms. The number of alkyl halides is 3. The van der Waals surface area contributed by atoms with E-state index < -0.39 is 36.4 Å². The minimum absolute atomic E-state index is 0.166. The predicted molar refractivity (Wildman–Crippen MR) is 84.0 cm³/mol. The minimum atomic E-state index is -4.38. The van der Waals surface area contributed by atoms with Crippen LogP contribution in [0.25, 0.3) is 10.2 Å². The van der Waals surface area contributed by atoms with E-state index in [0.717, 1.165) is 20.5 Å². The van der Waals surface area contributed by atoms with Crippen LogP contribution in [-0.2, 0) is 13.1 Å². The molecule has 0 atom stereocenters. The Balaban J connectivity index is 2.83. The fourth-order valence-corrected chi connectivity index (χ4v) is 3.69. The molecule has 128 valence electrons. The van der Waals surface area contributed by atoms with Crippen molar-refractivity contribution in [3.8, 4) is 0 Å². The van der Waals surface area contributed by atoms with Gasteiger partial charge in [0.2, 0.25) is 0 Å². The molecule has 2 rings (SSSR count). The number of nitrogens with two attached hydrogens (primary N) is 1. The Kier molecular flexibility index (Phi) is 4.72. The Morgan fingerprint density at radius 3 is 2.35 bits per heavy atom. The molecule has 0 aromatic carbocycles. The molecule has 23 heavy (non-hydrogen) atoms. The van der Waals surface area contributed by atoms with E-state index in [1.807, 2.05) is 0 Å². The summed E-state index contributed by atoms with van der Waals surface area (Å²) in [6.07, 6.45) is -5.51. The van der Waals surface area contributed by atoms with Gasteiger partial charge >= 0.3 is 11.9 Å². The first-order valence-electron chi connectivity index (χ1n) is 7.12. The van der Waals surface area contributed by atoms with Crippen molar-refractivity contribution < 1.29 is 13.2 Å². The fourth-order valence-electron chi connectivity index (χ4n) is 2.50. The van der Waals surface area contributed by atoms with E-state index in [0.29, 0.717) is 10.4 Å². The molecule has 2 N–H and O–H groups in total. The molecule has 0 saturated carbocycles. The Bertz CT molecular complexity index is 846. The largest absolute Gasteiger partial charge is 0.390 e. The van der Waals surface area contributed by atoms with Crippen molar-refractivity contribution in [2.24, 2.45) is 5.73 Å². The highest BCUT2D eigenvalue weighted by Gasteiger charge is 2.28. The zero-order chi connectivity index (χ0) is 17.5. The molecule has 2 aromatic rings. The summed E-state index contributed by atoms with van der Waals surface area (Å²) in [6.45, 7) is 4.64. The second-order valence-corrected chi connectivity index (χ2v) is 6.69. The third-order valence-corrected chi connectivity index (χ3v) is 5.00. The molecule has 0 unspecified atom stereocenters. The average molecular weight is 349 g/mol. The van der Waals surface area contributed by atoms with Gasteiger partial charge in [0.25, 0.3) is 5.56 Å². The Morgan fingerprint density at radius 2 is 1.87 bits per heavy atom. The van der Waals surface area contributed by atoms with Crippen LogP contribution >= 0.6 is 11.3 Å². The topological polar surface area (TPSA) is 70.0 Å². The molecule has 0 aliphatic heterocycles. The van der Waals surface area contributed by atoms with Crippen molar-refractivity contribution in [3.05, 3.63) is 31.3 Å². The molecule has 5 nitrogen and oxygen atoms in total. The zero-order valence-corrected chi connectivity index (χ0v) is 13.8. The van der Waals surface area contributed by atoms with E-state index in [1.165, 1.54) is 0 Å². The zero-order valence-electron chi connectivity index (χ0n) is 13.0. The van der Waals surface area contributed by atoms with Gasteiger partial charge in [-0.3, -0.25) is 13.9 Å². The van der Waals surface area contributed by atoms with Crippen molar-refractivity contribution in [2.75, 3.05) is 0 Å². The van der Waals surface area contributed by atoms with Crippen LogP contribution in [0.1, 0.15) is 36.8 Å². The lowest BCUT2D eigenvalue weighted by atomic mass is 10.2. The number of halogens is 3. The molecule has 2 heterocycles. The van der Waals surface area contributed by atoms with Crippen LogP contribution in [0.4, 0.5) is 13.2 Å². The summed E-state index contributed by atoms with van der Waals surface area (Å²) in [7, 11) is 0. The average Bonchev–Trinajstić information content (AvgIpc) is 2.74. The standard InChI is InChI=1S/C14H18F3N3O2S/c1-7(2)20-11(21)10-8(3)9(6-18)23-12(10)19(13(20)22)5-4-14(15,16)17/h7H,4-6,18H2,1-3H3. The van der Waals surface area contributed by atoms with Crippen molar-refractivity contribution >= 4 is 21.6 Å². The summed E-state index contributed by atoms with van der Waals surface area (Å²) in [5, 5.41) is 0.283. The van der Waals surface area contributed by atoms with Crippen molar-refractivity contribution in [3.63, 3.8) is 0 Å². The second kappa shape index (κ2) is 6.12. The number of thiophene rings is 1. The maximum Gasteiger partial charge on any atom is 0.390 e. The molecule has 0 amide bonds. The predicted octanol–water partition coefficient (Wildman–Crippen LogP) is 2.53. The van der Waals surface area contributed by atoms with Crippen LogP contribution in [0.2, 0.25) is 0 Å². The fraction of sp³-hybridized carbons (Fsp3) is 0.571. The number of fused-ring (bicyclic) bond motifs is 1. The van der Waals surface area contributed by atoms with E-state index in [1.54, 1.807) is 20.8 Å². The highest BCUT2D eigenvalue weighted by molar-refractivity contribution is 7.18. The van der Waals surface area contributed by atoms with Crippen molar-refractivity contribution in [1.29, 1.82) is 0 Å². The Labute approximate surface area is 134 Å². The van der Waals surface area contributed by atoms with Crippen LogP contribution in [0.15, 0.2) is 9.59 Å². The number of hydrogen-bond donors (Lipinski definition) is 1. The number of aryl methyl sites for hydroxylation is 2. The normalized spacial score (nSPS) is 12.5. The maximum atomic E-state index is 12.6. The first-order chi connectivity index (χ1) is 10.6. The maximum absolute atomic E-state index is 12.6. The van der Waals surface area contributed by atoms with E-state index in [2.05, 4.69) is 0 Å². The number of aromatic nitrogens is 2. The summed E-state index contributed by atoms with van der Waals surface area (Å²) < 4.78 is 39.7. The summed E-state index contributed by atoms with van der Waals surface area (Å²) in [4.78, 5) is 26.0. The van der Waals surface area contributed by atoms with Gasteiger partial charge in [0.1, 0.15) is 4.83 Å². The van der Waals surface area contributed by atoms with Crippen molar-refractivity contribution in [2.45, 2.75) is 52.5 Å². The molecular formula is C14H18F3N3O2S. The number of hydrogen-bond acceptors (Lipinski definition) is 4. The molecule has 0 radical (unpaired) electrons. The first-order valence-corrected chi connectivity index (χ1v) is 7.94. The van der Waals surface area contributed by atoms with Gasteiger partial charge in [-0.15, -0.1) is 11.3 Å². The number of nitrogens with zero attached hydrogens (tertiary/aromatic N) is 2. The van der Waals surface area contributed by atoms with Crippen LogP contribution in [-0.4, -0.2) is 15.3 Å². The van der Waals surface area contributed by atoms with Gasteiger partial charge in [0, 0.05) is 24.0 Å². The van der Waals surface area contributed by atoms with Gasteiger partial charge < -0.3 is 5.73 Å². The summed E-state index contributed by atoms with van der Waals surface area (Å²) in [5.74, 6) is 0. The lowest BCUT2D eigenvalue weighted by Crippen LogP contribution is -2.41. The second-order valence-electron chi connectivity index (χ2n) is 5.60. The highest BCUT2D eigenvalue weighted by atomic mass is 32.1. The lowest BCUT2D eigenvalue weighted by Gasteiger charge is -2.15.